The Hall–Kier alpha value is -0.380. The van der Waals surface area contributed by atoms with Crippen LogP contribution in [-0.2, 0) is 4.74 Å². The van der Waals surface area contributed by atoms with Crippen LogP contribution in [0.4, 0.5) is 0 Å². The number of nitrogens with zero attached hydrogens (tertiary/aromatic N) is 1. The van der Waals surface area contributed by atoms with E-state index in [1.807, 2.05) is 13.0 Å². The molecule has 19 heavy (non-hydrogen) atoms. The minimum absolute atomic E-state index is 0.0215. The van der Waals surface area contributed by atoms with Gasteiger partial charge in [0.05, 0.1) is 6.10 Å². The smallest absolute Gasteiger partial charge is 0.0662 e. The highest BCUT2D eigenvalue weighted by molar-refractivity contribution is 5.15. The third kappa shape index (κ3) is 3.21. The van der Waals surface area contributed by atoms with E-state index in [2.05, 4.69) is 46.1 Å². The molecule has 1 fully saturated rings. The molecule has 3 nitrogen and oxygen atoms in total. The summed E-state index contributed by atoms with van der Waals surface area (Å²) in [6, 6.07) is 0. The van der Waals surface area contributed by atoms with Crippen LogP contribution in [0.3, 0.4) is 0 Å². The van der Waals surface area contributed by atoms with Crippen LogP contribution in [0.1, 0.15) is 48.0 Å². The molecule has 0 spiro atoms. The predicted molar refractivity (Wildman–Crippen MR) is 82.3 cm³/mol. The summed E-state index contributed by atoms with van der Waals surface area (Å²) in [7, 11) is 0. The van der Waals surface area contributed by atoms with Gasteiger partial charge in [-0.2, -0.15) is 0 Å². The fourth-order valence-corrected chi connectivity index (χ4v) is 2.85. The average molecular weight is 268 g/mol. The number of rotatable bonds is 6. The van der Waals surface area contributed by atoms with Crippen LogP contribution in [0.5, 0.6) is 0 Å². The molecule has 0 radical (unpaired) electrons. The summed E-state index contributed by atoms with van der Waals surface area (Å²) in [6.07, 6.45) is 3.19. The fraction of sp³-hybridized carbons (Fsp3) is 0.875. The molecular formula is C16H32N2O. The molecular weight excluding hydrogens is 236 g/mol. The second-order valence-corrected chi connectivity index (χ2v) is 7.37. The number of ether oxygens (including phenoxy) is 1. The highest BCUT2D eigenvalue weighted by Gasteiger charge is 2.59. The van der Waals surface area contributed by atoms with E-state index in [9.17, 15) is 0 Å². The molecule has 1 aliphatic carbocycles. The third-order valence-electron chi connectivity index (χ3n) is 4.78. The molecule has 2 unspecified atom stereocenters. The molecule has 1 saturated carbocycles. The maximum atomic E-state index is 6.67. The standard InChI is InChI=1S/C16H32N2O/c1-8-10-18(14(3,4)5)12-16(17)11-13(19-9-2)15(16,6)7/h8,13H,1,9-12,17H2,2-7H3. The molecule has 0 heterocycles. The average Bonchev–Trinajstić information content (AvgIpc) is 2.27. The van der Waals surface area contributed by atoms with Crippen molar-refractivity contribution in [3.05, 3.63) is 12.7 Å². The van der Waals surface area contributed by atoms with Gasteiger partial charge < -0.3 is 10.5 Å². The van der Waals surface area contributed by atoms with Crippen molar-refractivity contribution in [3.63, 3.8) is 0 Å². The predicted octanol–water partition coefficient (Wildman–Crippen LogP) is 2.81. The summed E-state index contributed by atoms with van der Waals surface area (Å²) in [4.78, 5) is 2.41. The molecule has 0 aromatic carbocycles. The molecule has 0 saturated heterocycles. The summed E-state index contributed by atoms with van der Waals surface area (Å²) < 4.78 is 5.80. The van der Waals surface area contributed by atoms with Gasteiger partial charge in [-0.1, -0.05) is 19.9 Å². The summed E-state index contributed by atoms with van der Waals surface area (Å²) in [5, 5.41) is 0. The third-order valence-corrected chi connectivity index (χ3v) is 4.78. The van der Waals surface area contributed by atoms with Gasteiger partial charge in [0, 0.05) is 36.2 Å². The van der Waals surface area contributed by atoms with Crippen molar-refractivity contribution >= 4 is 0 Å². The van der Waals surface area contributed by atoms with Crippen molar-refractivity contribution in [3.8, 4) is 0 Å². The monoisotopic (exact) mass is 268 g/mol. The van der Waals surface area contributed by atoms with Crippen molar-refractivity contribution < 1.29 is 4.74 Å². The molecule has 3 heteroatoms. The number of hydrogen-bond donors (Lipinski definition) is 1. The van der Waals surface area contributed by atoms with E-state index in [4.69, 9.17) is 10.5 Å². The summed E-state index contributed by atoms with van der Waals surface area (Å²) in [5.74, 6) is 0. The lowest BCUT2D eigenvalue weighted by molar-refractivity contribution is -0.160. The fourth-order valence-electron chi connectivity index (χ4n) is 2.85. The molecule has 0 bridgehead atoms. The van der Waals surface area contributed by atoms with Crippen molar-refractivity contribution in [1.29, 1.82) is 0 Å². The largest absolute Gasteiger partial charge is 0.378 e. The summed E-state index contributed by atoms with van der Waals surface area (Å²) in [5.41, 5.74) is 6.62. The Kier molecular flexibility index (Phi) is 4.87. The van der Waals surface area contributed by atoms with Gasteiger partial charge in [-0.3, -0.25) is 4.90 Å². The summed E-state index contributed by atoms with van der Waals surface area (Å²) in [6.45, 7) is 19.6. The van der Waals surface area contributed by atoms with Crippen molar-refractivity contribution in [2.75, 3.05) is 19.7 Å². The van der Waals surface area contributed by atoms with Gasteiger partial charge in [0.15, 0.2) is 0 Å². The normalized spacial score (nSPS) is 30.2. The van der Waals surface area contributed by atoms with E-state index in [0.29, 0.717) is 0 Å². The van der Waals surface area contributed by atoms with Gasteiger partial charge in [-0.25, -0.2) is 0 Å². The van der Waals surface area contributed by atoms with Crippen LogP contribution in [0.25, 0.3) is 0 Å². The molecule has 1 rings (SSSR count). The molecule has 112 valence electrons. The minimum atomic E-state index is -0.177. The number of nitrogens with two attached hydrogens (primary N) is 1. The summed E-state index contributed by atoms with van der Waals surface area (Å²) >= 11 is 0. The highest BCUT2D eigenvalue weighted by Crippen LogP contribution is 2.50. The second kappa shape index (κ2) is 5.55. The lowest BCUT2D eigenvalue weighted by Gasteiger charge is -2.61. The Morgan fingerprint density at radius 1 is 1.42 bits per heavy atom. The first kappa shape index (κ1) is 16.7. The Labute approximate surface area is 119 Å². The van der Waals surface area contributed by atoms with Crippen LogP contribution < -0.4 is 5.73 Å². The Morgan fingerprint density at radius 3 is 2.37 bits per heavy atom. The first-order valence-electron chi connectivity index (χ1n) is 7.35. The molecule has 0 amide bonds. The van der Waals surface area contributed by atoms with Gasteiger partial charge in [0.1, 0.15) is 0 Å². The van der Waals surface area contributed by atoms with E-state index < -0.39 is 0 Å². The topological polar surface area (TPSA) is 38.5 Å². The van der Waals surface area contributed by atoms with E-state index in [1.54, 1.807) is 0 Å². The quantitative estimate of drug-likeness (QED) is 0.753. The number of hydrogen-bond acceptors (Lipinski definition) is 3. The minimum Gasteiger partial charge on any atom is -0.378 e. The van der Waals surface area contributed by atoms with Crippen LogP contribution in [0.15, 0.2) is 12.7 Å². The molecule has 0 aromatic heterocycles. The van der Waals surface area contributed by atoms with E-state index in [0.717, 1.165) is 26.1 Å². The lowest BCUT2D eigenvalue weighted by Crippen LogP contribution is -2.74. The van der Waals surface area contributed by atoms with E-state index in [-0.39, 0.29) is 22.6 Å². The van der Waals surface area contributed by atoms with Crippen molar-refractivity contribution in [2.45, 2.75) is 65.1 Å². The maximum Gasteiger partial charge on any atom is 0.0662 e. The van der Waals surface area contributed by atoms with Gasteiger partial charge in [0.2, 0.25) is 0 Å². The zero-order valence-electron chi connectivity index (χ0n) is 13.6. The lowest BCUT2D eigenvalue weighted by atomic mass is 9.54. The first-order valence-corrected chi connectivity index (χ1v) is 7.35. The van der Waals surface area contributed by atoms with E-state index in [1.165, 1.54) is 0 Å². The van der Waals surface area contributed by atoms with Gasteiger partial charge in [-0.15, -0.1) is 6.58 Å². The SMILES string of the molecule is C=CCN(CC1(N)CC(OCC)C1(C)C)C(C)(C)C. The molecule has 1 aliphatic rings. The van der Waals surface area contributed by atoms with Gasteiger partial charge in [0.25, 0.3) is 0 Å². The molecule has 2 N–H and O–H groups in total. The van der Waals surface area contributed by atoms with Gasteiger partial charge >= 0.3 is 0 Å². The zero-order valence-corrected chi connectivity index (χ0v) is 13.6. The van der Waals surface area contributed by atoms with Crippen LogP contribution in [0, 0.1) is 5.41 Å². The Bertz CT molecular complexity index is 319. The maximum absolute atomic E-state index is 6.67. The van der Waals surface area contributed by atoms with Crippen LogP contribution in [0.2, 0.25) is 0 Å². The molecule has 2 atom stereocenters. The van der Waals surface area contributed by atoms with E-state index >= 15 is 0 Å². The Balaban J connectivity index is 2.77. The van der Waals surface area contributed by atoms with Gasteiger partial charge in [-0.05, 0) is 34.1 Å². The molecule has 0 aliphatic heterocycles. The van der Waals surface area contributed by atoms with Crippen molar-refractivity contribution in [2.24, 2.45) is 11.1 Å². The first-order chi connectivity index (χ1) is 8.58. The second-order valence-electron chi connectivity index (χ2n) is 7.37. The highest BCUT2D eigenvalue weighted by atomic mass is 16.5. The van der Waals surface area contributed by atoms with Crippen LogP contribution >= 0.6 is 0 Å². The Morgan fingerprint density at radius 2 is 2.00 bits per heavy atom. The van der Waals surface area contributed by atoms with Crippen LogP contribution in [-0.4, -0.2) is 41.8 Å². The van der Waals surface area contributed by atoms with Crippen molar-refractivity contribution in [1.82, 2.24) is 4.90 Å². The molecule has 0 aromatic rings. The zero-order chi connectivity index (χ0) is 14.9.